The summed E-state index contributed by atoms with van der Waals surface area (Å²) in [6, 6.07) is 15.1. The van der Waals surface area contributed by atoms with Gasteiger partial charge in [0.05, 0.1) is 29.9 Å². The first kappa shape index (κ1) is 20.5. The van der Waals surface area contributed by atoms with Crippen LogP contribution in [0.5, 0.6) is 0 Å². The van der Waals surface area contributed by atoms with Crippen molar-refractivity contribution in [3.05, 3.63) is 71.3 Å². The van der Waals surface area contributed by atoms with Crippen molar-refractivity contribution < 1.29 is 24.2 Å². The molecule has 0 fully saturated rings. The van der Waals surface area contributed by atoms with Crippen molar-refractivity contribution in [3.63, 3.8) is 0 Å². The van der Waals surface area contributed by atoms with E-state index in [1.807, 2.05) is 44.2 Å². The maximum atomic E-state index is 12.9. The van der Waals surface area contributed by atoms with Gasteiger partial charge in [-0.05, 0) is 31.5 Å². The van der Waals surface area contributed by atoms with E-state index >= 15 is 0 Å². The Kier molecular flexibility index (Phi) is 6.29. The Balaban J connectivity index is 1.85. The Hall–Kier alpha value is -3.19. The minimum atomic E-state index is -1.12. The highest BCUT2D eigenvalue weighted by molar-refractivity contribution is 6.21. The van der Waals surface area contributed by atoms with Crippen LogP contribution in [0, 0.1) is 0 Å². The van der Waals surface area contributed by atoms with Crippen molar-refractivity contribution in [2.45, 2.75) is 32.5 Å². The lowest BCUT2D eigenvalue weighted by molar-refractivity contribution is 0.0146. The third-order valence-corrected chi connectivity index (χ3v) is 4.73. The fourth-order valence-electron chi connectivity index (χ4n) is 3.32. The van der Waals surface area contributed by atoms with Crippen LogP contribution >= 0.6 is 0 Å². The molecule has 0 aliphatic carbocycles. The molecule has 0 aromatic heterocycles. The predicted molar refractivity (Wildman–Crippen MR) is 107 cm³/mol. The van der Waals surface area contributed by atoms with Crippen molar-refractivity contribution in [2.24, 2.45) is 0 Å². The van der Waals surface area contributed by atoms with Gasteiger partial charge in [-0.2, -0.15) is 0 Å². The van der Waals surface area contributed by atoms with Gasteiger partial charge in [0.25, 0.3) is 11.8 Å². The molecule has 0 saturated heterocycles. The predicted octanol–water partition coefficient (Wildman–Crippen LogP) is 3.26. The molecule has 29 heavy (non-hydrogen) atoms. The zero-order valence-corrected chi connectivity index (χ0v) is 16.4. The van der Waals surface area contributed by atoms with Gasteiger partial charge in [0.1, 0.15) is 0 Å². The van der Waals surface area contributed by atoms with Crippen LogP contribution in [0.15, 0.2) is 54.6 Å². The molecule has 7 heteroatoms. The van der Waals surface area contributed by atoms with Gasteiger partial charge < -0.3 is 14.7 Å². The van der Waals surface area contributed by atoms with E-state index in [0.29, 0.717) is 11.1 Å². The van der Waals surface area contributed by atoms with Crippen LogP contribution in [0.2, 0.25) is 0 Å². The highest BCUT2D eigenvalue weighted by atomic mass is 16.5. The molecule has 1 aliphatic heterocycles. The molecule has 152 valence electrons. The summed E-state index contributed by atoms with van der Waals surface area (Å²) in [6.07, 6.45) is -1.25. The van der Waals surface area contributed by atoms with E-state index in [-0.39, 0.29) is 25.8 Å². The Labute approximate surface area is 169 Å². The Morgan fingerprint density at radius 3 is 2.07 bits per heavy atom. The van der Waals surface area contributed by atoms with Gasteiger partial charge in [-0.1, -0.05) is 42.5 Å². The molecule has 1 aliphatic rings. The molecule has 3 rings (SSSR count). The molecule has 1 N–H and O–H groups in total. The largest absolute Gasteiger partial charge is 0.465 e. The smallest absolute Gasteiger partial charge is 0.407 e. The monoisotopic (exact) mass is 396 g/mol. The Morgan fingerprint density at radius 2 is 1.55 bits per heavy atom. The van der Waals surface area contributed by atoms with E-state index in [1.165, 1.54) is 4.90 Å². The first-order chi connectivity index (χ1) is 13.9. The molecule has 2 aromatic carbocycles. The molecular weight excluding hydrogens is 372 g/mol. The molecule has 1 heterocycles. The van der Waals surface area contributed by atoms with Gasteiger partial charge in [-0.15, -0.1) is 0 Å². The number of ether oxygens (including phenoxy) is 1. The molecule has 0 spiro atoms. The van der Waals surface area contributed by atoms with Gasteiger partial charge in [-0.25, -0.2) is 4.79 Å². The summed E-state index contributed by atoms with van der Waals surface area (Å²) in [5, 5.41) is 9.71. The average Bonchev–Trinajstić information content (AvgIpc) is 2.96. The summed E-state index contributed by atoms with van der Waals surface area (Å²) in [5.41, 5.74) is 1.48. The number of benzene rings is 2. The highest BCUT2D eigenvalue weighted by Crippen LogP contribution is 2.25. The van der Waals surface area contributed by atoms with E-state index in [1.54, 1.807) is 24.3 Å². The number of nitrogens with zero attached hydrogens (tertiary/aromatic N) is 2. The molecule has 2 aromatic rings. The van der Waals surface area contributed by atoms with Crippen molar-refractivity contribution >= 4 is 17.9 Å². The molecule has 1 unspecified atom stereocenters. The zero-order chi connectivity index (χ0) is 21.0. The number of carboxylic acid groups (broad SMARTS) is 1. The summed E-state index contributed by atoms with van der Waals surface area (Å²) in [4.78, 5) is 40.0. The lowest BCUT2D eigenvalue weighted by Gasteiger charge is -2.31. The number of carbonyl (C=O) groups is 3. The van der Waals surface area contributed by atoms with Crippen molar-refractivity contribution in [3.8, 4) is 0 Å². The van der Waals surface area contributed by atoms with Gasteiger partial charge in [0.2, 0.25) is 0 Å². The number of hydrogen-bond acceptors (Lipinski definition) is 4. The summed E-state index contributed by atoms with van der Waals surface area (Å²) in [6.45, 7) is 3.86. The molecule has 0 radical (unpaired) electrons. The highest BCUT2D eigenvalue weighted by Gasteiger charge is 2.41. The minimum absolute atomic E-state index is 0.0393. The molecule has 0 saturated carbocycles. The van der Waals surface area contributed by atoms with Gasteiger partial charge in [0, 0.05) is 13.1 Å². The second-order valence-electron chi connectivity index (χ2n) is 7.21. The number of carbonyl (C=O) groups excluding carboxylic acids is 2. The maximum Gasteiger partial charge on any atom is 0.407 e. The van der Waals surface area contributed by atoms with E-state index in [2.05, 4.69) is 0 Å². The third kappa shape index (κ3) is 4.63. The Morgan fingerprint density at radius 1 is 1.00 bits per heavy atom. The normalized spacial score (nSPS) is 14.2. The molecule has 0 bridgehead atoms. The van der Waals surface area contributed by atoms with Crippen LogP contribution in [0.1, 0.15) is 40.1 Å². The van der Waals surface area contributed by atoms with Crippen LogP contribution in [0.4, 0.5) is 4.79 Å². The van der Waals surface area contributed by atoms with Crippen molar-refractivity contribution in [1.29, 1.82) is 0 Å². The SMILES string of the molecule is CC(C)OCC(CN(Cc1ccccc1)C(=O)O)N1C(=O)c2ccccc2C1=O. The summed E-state index contributed by atoms with van der Waals surface area (Å²) in [7, 11) is 0. The summed E-state index contributed by atoms with van der Waals surface area (Å²) in [5.74, 6) is -0.846. The second kappa shape index (κ2) is 8.87. The zero-order valence-electron chi connectivity index (χ0n) is 16.4. The van der Waals surface area contributed by atoms with Gasteiger partial charge in [-0.3, -0.25) is 14.5 Å². The van der Waals surface area contributed by atoms with E-state index in [9.17, 15) is 19.5 Å². The number of fused-ring (bicyclic) bond motifs is 1. The lowest BCUT2D eigenvalue weighted by atomic mass is 10.1. The quantitative estimate of drug-likeness (QED) is 0.692. The molecule has 1 atom stereocenters. The van der Waals surface area contributed by atoms with Crippen LogP contribution in [-0.4, -0.2) is 58.1 Å². The topological polar surface area (TPSA) is 87.2 Å². The number of rotatable bonds is 8. The number of hydrogen-bond donors (Lipinski definition) is 1. The number of imide groups is 1. The van der Waals surface area contributed by atoms with E-state index in [4.69, 9.17) is 4.74 Å². The minimum Gasteiger partial charge on any atom is -0.465 e. The maximum absolute atomic E-state index is 12.9. The number of amides is 3. The third-order valence-electron chi connectivity index (χ3n) is 4.73. The van der Waals surface area contributed by atoms with Crippen molar-refractivity contribution in [2.75, 3.05) is 13.2 Å². The van der Waals surface area contributed by atoms with Crippen LogP contribution in [0.25, 0.3) is 0 Å². The molecule has 7 nitrogen and oxygen atoms in total. The van der Waals surface area contributed by atoms with Crippen molar-refractivity contribution in [1.82, 2.24) is 9.80 Å². The Bertz CT molecular complexity index is 862. The van der Waals surface area contributed by atoms with Gasteiger partial charge >= 0.3 is 6.09 Å². The fraction of sp³-hybridized carbons (Fsp3) is 0.318. The van der Waals surface area contributed by atoms with Crippen LogP contribution in [0.3, 0.4) is 0 Å². The summed E-state index contributed by atoms with van der Waals surface area (Å²) >= 11 is 0. The van der Waals surface area contributed by atoms with E-state index in [0.717, 1.165) is 10.5 Å². The summed E-state index contributed by atoms with van der Waals surface area (Å²) < 4.78 is 5.68. The molecular formula is C22H24N2O5. The van der Waals surface area contributed by atoms with Crippen LogP contribution in [-0.2, 0) is 11.3 Å². The fourth-order valence-corrected chi connectivity index (χ4v) is 3.32. The first-order valence-electron chi connectivity index (χ1n) is 9.48. The van der Waals surface area contributed by atoms with Crippen LogP contribution < -0.4 is 0 Å². The van der Waals surface area contributed by atoms with E-state index < -0.39 is 23.9 Å². The van der Waals surface area contributed by atoms with Gasteiger partial charge in [0.15, 0.2) is 0 Å². The first-order valence-corrected chi connectivity index (χ1v) is 9.48. The molecule has 3 amide bonds. The second-order valence-corrected chi connectivity index (χ2v) is 7.21. The lowest BCUT2D eigenvalue weighted by Crippen LogP contribution is -2.50. The average molecular weight is 396 g/mol. The standard InChI is InChI=1S/C22H24N2O5/c1-15(2)29-14-17(13-23(22(27)28)12-16-8-4-3-5-9-16)24-20(25)18-10-6-7-11-19(18)21(24)26/h3-11,15,17H,12-14H2,1-2H3,(H,27,28).